The average Bonchev–Trinajstić information content (AvgIpc) is 2.66. The number of nitrogens with one attached hydrogen (secondary N) is 2. The number of nitro groups is 1. The van der Waals surface area contributed by atoms with Crippen molar-refractivity contribution in [3.63, 3.8) is 0 Å². The molecule has 9 nitrogen and oxygen atoms in total. The molecule has 2 aromatic rings. The van der Waals surface area contributed by atoms with Gasteiger partial charge < -0.3 is 20.1 Å². The van der Waals surface area contributed by atoms with Gasteiger partial charge in [0, 0.05) is 17.8 Å². The van der Waals surface area contributed by atoms with E-state index in [2.05, 4.69) is 15.4 Å². The second-order valence-electron chi connectivity index (χ2n) is 5.13. The lowest BCUT2D eigenvalue weighted by Crippen LogP contribution is -2.21. The fourth-order valence-electron chi connectivity index (χ4n) is 2.16. The lowest BCUT2D eigenvalue weighted by Gasteiger charge is -2.14. The number of nitro benzene ring substituents is 1. The molecule has 140 valence electrons. The van der Waals surface area contributed by atoms with Crippen LogP contribution in [-0.2, 0) is 9.47 Å². The van der Waals surface area contributed by atoms with Gasteiger partial charge in [0.25, 0.3) is 5.69 Å². The quantitative estimate of drug-likeness (QED) is 0.344. The van der Waals surface area contributed by atoms with Gasteiger partial charge in [-0.3, -0.25) is 10.1 Å². The smallest absolute Gasteiger partial charge is 0.339 e. The Morgan fingerprint density at radius 1 is 1.04 bits per heavy atom. The molecule has 2 aromatic carbocycles. The van der Waals surface area contributed by atoms with Crippen LogP contribution in [0.3, 0.4) is 0 Å². The zero-order valence-corrected chi connectivity index (χ0v) is 15.2. The topological polar surface area (TPSA) is 120 Å². The van der Waals surface area contributed by atoms with E-state index in [1.807, 2.05) is 0 Å². The monoisotopic (exact) mass is 389 g/mol. The standard InChI is InChI=1S/C17H15N3O6S/c1-25-15(21)10-6-7-13(16(22)26-2)14(8-10)19-17(27)18-11-4-3-5-12(9-11)20(23)24/h3-9H,1-2H3,(H2,18,19,27). The molecule has 0 heterocycles. The Morgan fingerprint density at radius 2 is 1.74 bits per heavy atom. The van der Waals surface area contributed by atoms with Crippen LogP contribution in [0.1, 0.15) is 20.7 Å². The van der Waals surface area contributed by atoms with Gasteiger partial charge in [0.1, 0.15) is 0 Å². The van der Waals surface area contributed by atoms with E-state index in [4.69, 9.17) is 17.0 Å². The first-order valence-electron chi connectivity index (χ1n) is 7.49. The lowest BCUT2D eigenvalue weighted by atomic mass is 10.1. The number of methoxy groups -OCH3 is 2. The van der Waals surface area contributed by atoms with Crippen molar-refractivity contribution in [1.82, 2.24) is 0 Å². The zero-order chi connectivity index (χ0) is 20.0. The summed E-state index contributed by atoms with van der Waals surface area (Å²) in [6.07, 6.45) is 0. The van der Waals surface area contributed by atoms with E-state index in [1.54, 1.807) is 6.07 Å². The summed E-state index contributed by atoms with van der Waals surface area (Å²) in [7, 11) is 2.46. The van der Waals surface area contributed by atoms with Crippen LogP contribution in [0, 0.1) is 10.1 Å². The third kappa shape index (κ3) is 4.98. The van der Waals surface area contributed by atoms with Gasteiger partial charge in [-0.15, -0.1) is 0 Å². The van der Waals surface area contributed by atoms with Crippen LogP contribution in [-0.4, -0.2) is 36.2 Å². The highest BCUT2D eigenvalue weighted by molar-refractivity contribution is 7.80. The number of hydrogen-bond acceptors (Lipinski definition) is 7. The Bertz CT molecular complexity index is 915. The predicted octanol–water partition coefficient (Wildman–Crippen LogP) is 2.98. The molecule has 0 bridgehead atoms. The van der Waals surface area contributed by atoms with Crippen molar-refractivity contribution in [2.24, 2.45) is 0 Å². The minimum atomic E-state index is -0.632. The molecule has 10 heteroatoms. The molecule has 0 aromatic heterocycles. The van der Waals surface area contributed by atoms with E-state index in [0.717, 1.165) is 0 Å². The SMILES string of the molecule is COC(=O)c1ccc(C(=O)OC)c(NC(=S)Nc2cccc([N+](=O)[O-])c2)c1. The van der Waals surface area contributed by atoms with Crippen LogP contribution in [0.15, 0.2) is 42.5 Å². The molecule has 0 saturated heterocycles. The average molecular weight is 389 g/mol. The van der Waals surface area contributed by atoms with E-state index < -0.39 is 16.9 Å². The highest BCUT2D eigenvalue weighted by Crippen LogP contribution is 2.21. The first-order chi connectivity index (χ1) is 12.8. The number of hydrogen-bond donors (Lipinski definition) is 2. The molecule has 0 aliphatic heterocycles. The lowest BCUT2D eigenvalue weighted by molar-refractivity contribution is -0.384. The van der Waals surface area contributed by atoms with Crippen molar-refractivity contribution in [2.75, 3.05) is 24.9 Å². The van der Waals surface area contributed by atoms with E-state index in [9.17, 15) is 19.7 Å². The number of rotatable bonds is 5. The molecular weight excluding hydrogens is 374 g/mol. The molecule has 0 atom stereocenters. The fourth-order valence-corrected chi connectivity index (χ4v) is 2.39. The van der Waals surface area contributed by atoms with E-state index in [1.165, 1.54) is 50.6 Å². The largest absolute Gasteiger partial charge is 0.465 e. The number of carbonyl (C=O) groups is 2. The molecule has 2 N–H and O–H groups in total. The third-order valence-electron chi connectivity index (χ3n) is 3.41. The van der Waals surface area contributed by atoms with Gasteiger partial charge in [-0.25, -0.2) is 9.59 Å². The molecule has 0 unspecified atom stereocenters. The van der Waals surface area contributed by atoms with Crippen molar-refractivity contribution in [3.8, 4) is 0 Å². The van der Waals surface area contributed by atoms with Gasteiger partial charge >= 0.3 is 11.9 Å². The number of nitrogens with zero attached hydrogens (tertiary/aromatic N) is 1. The summed E-state index contributed by atoms with van der Waals surface area (Å²) in [6, 6.07) is 9.95. The summed E-state index contributed by atoms with van der Waals surface area (Å²) in [6.45, 7) is 0. The summed E-state index contributed by atoms with van der Waals surface area (Å²) >= 11 is 5.19. The van der Waals surface area contributed by atoms with Gasteiger partial charge in [0.2, 0.25) is 0 Å². The third-order valence-corrected chi connectivity index (χ3v) is 3.61. The Kier molecular flexibility index (Phi) is 6.39. The number of carbonyl (C=O) groups excluding carboxylic acids is 2. The van der Waals surface area contributed by atoms with Crippen LogP contribution in [0.4, 0.5) is 17.1 Å². The minimum Gasteiger partial charge on any atom is -0.465 e. The molecule has 27 heavy (non-hydrogen) atoms. The number of benzene rings is 2. The molecule has 0 amide bonds. The van der Waals surface area contributed by atoms with Gasteiger partial charge in [-0.2, -0.15) is 0 Å². The van der Waals surface area contributed by atoms with Crippen LogP contribution in [0.2, 0.25) is 0 Å². The maximum Gasteiger partial charge on any atom is 0.339 e. The van der Waals surface area contributed by atoms with Crippen LogP contribution >= 0.6 is 12.2 Å². The molecule has 0 aliphatic rings. The van der Waals surface area contributed by atoms with Crippen molar-refractivity contribution in [1.29, 1.82) is 0 Å². The van der Waals surface area contributed by atoms with Crippen molar-refractivity contribution < 1.29 is 24.0 Å². The highest BCUT2D eigenvalue weighted by atomic mass is 32.1. The number of thiocarbonyl (C=S) groups is 1. The molecule has 2 rings (SSSR count). The van der Waals surface area contributed by atoms with Gasteiger partial charge in [-0.05, 0) is 36.5 Å². The van der Waals surface area contributed by atoms with Crippen molar-refractivity contribution >= 4 is 46.3 Å². The maximum atomic E-state index is 11.9. The first-order valence-corrected chi connectivity index (χ1v) is 7.89. The summed E-state index contributed by atoms with van der Waals surface area (Å²) in [5, 5.41) is 16.5. The second-order valence-corrected chi connectivity index (χ2v) is 5.54. The normalized spacial score (nSPS) is 9.85. The number of anilines is 2. The highest BCUT2D eigenvalue weighted by Gasteiger charge is 2.17. The fraction of sp³-hybridized carbons (Fsp3) is 0.118. The van der Waals surface area contributed by atoms with Gasteiger partial charge in [0.15, 0.2) is 5.11 Å². The number of esters is 2. The molecule has 0 aliphatic carbocycles. The predicted molar refractivity (Wildman–Crippen MR) is 102 cm³/mol. The Morgan fingerprint density at radius 3 is 2.37 bits per heavy atom. The van der Waals surface area contributed by atoms with Gasteiger partial charge in [0.05, 0.1) is 36.0 Å². The Balaban J connectivity index is 2.27. The second kappa shape index (κ2) is 8.72. The molecule has 0 spiro atoms. The molecule has 0 fully saturated rings. The Labute approximate surface area is 159 Å². The zero-order valence-electron chi connectivity index (χ0n) is 14.3. The van der Waals surface area contributed by atoms with Crippen LogP contribution in [0.25, 0.3) is 0 Å². The Hall–Kier alpha value is -3.53. The van der Waals surface area contributed by atoms with Gasteiger partial charge in [-0.1, -0.05) is 6.07 Å². The van der Waals surface area contributed by atoms with Crippen molar-refractivity contribution in [3.05, 3.63) is 63.7 Å². The van der Waals surface area contributed by atoms with Crippen LogP contribution in [0.5, 0.6) is 0 Å². The molecule has 0 saturated carbocycles. The first kappa shape index (κ1) is 19.8. The molecule has 0 radical (unpaired) electrons. The summed E-state index contributed by atoms with van der Waals surface area (Å²) in [5.41, 5.74) is 0.836. The summed E-state index contributed by atoms with van der Waals surface area (Å²) < 4.78 is 9.37. The molecular formula is C17H15N3O6S. The summed E-state index contributed by atoms with van der Waals surface area (Å²) in [4.78, 5) is 34.0. The number of ether oxygens (including phenoxy) is 2. The van der Waals surface area contributed by atoms with Crippen LogP contribution < -0.4 is 10.6 Å². The maximum absolute atomic E-state index is 11.9. The van der Waals surface area contributed by atoms with E-state index in [-0.39, 0.29) is 27.6 Å². The van der Waals surface area contributed by atoms with E-state index in [0.29, 0.717) is 5.69 Å². The van der Waals surface area contributed by atoms with E-state index >= 15 is 0 Å². The number of non-ortho nitro benzene ring substituents is 1. The minimum absolute atomic E-state index is 0.0580. The van der Waals surface area contributed by atoms with Crippen molar-refractivity contribution in [2.45, 2.75) is 0 Å². The summed E-state index contributed by atoms with van der Waals surface area (Å²) in [5.74, 6) is -1.22.